The Morgan fingerprint density at radius 2 is 1.82 bits per heavy atom. The maximum atomic E-state index is 13.6. The van der Waals surface area contributed by atoms with Gasteiger partial charge in [-0.25, -0.2) is 9.07 Å². The number of piperazine rings is 1. The van der Waals surface area contributed by atoms with E-state index in [0.29, 0.717) is 6.04 Å². The van der Waals surface area contributed by atoms with Crippen LogP contribution in [0, 0.1) is 5.82 Å². The van der Waals surface area contributed by atoms with Crippen LogP contribution < -0.4 is 9.80 Å². The molecular formula is C21H31FN6+2. The minimum Gasteiger partial charge on any atom is -0.322 e. The lowest BCUT2D eigenvalue weighted by atomic mass is 9.95. The van der Waals surface area contributed by atoms with Crippen molar-refractivity contribution in [3.63, 3.8) is 0 Å². The molecule has 7 heteroatoms. The summed E-state index contributed by atoms with van der Waals surface area (Å²) in [6, 6.07) is 7.33. The molecule has 2 aromatic rings. The molecule has 1 saturated heterocycles. The molecule has 4 rings (SSSR count). The maximum absolute atomic E-state index is 13.6. The van der Waals surface area contributed by atoms with Crippen LogP contribution in [0.2, 0.25) is 0 Å². The van der Waals surface area contributed by atoms with Crippen LogP contribution in [0.5, 0.6) is 0 Å². The Morgan fingerprint density at radius 3 is 2.50 bits per heavy atom. The van der Waals surface area contributed by atoms with Gasteiger partial charge in [0.05, 0.1) is 12.6 Å². The van der Waals surface area contributed by atoms with Gasteiger partial charge in [-0.1, -0.05) is 25.8 Å². The average Bonchev–Trinajstić information content (AvgIpc) is 3.21. The number of nitrogens with one attached hydrogen (secondary N) is 2. The first-order valence-electron chi connectivity index (χ1n) is 10.6. The quantitative estimate of drug-likeness (QED) is 0.706. The molecule has 2 heterocycles. The number of hydrogen-bond acceptors (Lipinski definition) is 3. The summed E-state index contributed by atoms with van der Waals surface area (Å²) in [7, 11) is 0. The van der Waals surface area contributed by atoms with Gasteiger partial charge in [0.2, 0.25) is 5.82 Å². The zero-order valence-electron chi connectivity index (χ0n) is 16.5. The van der Waals surface area contributed by atoms with Crippen LogP contribution in [0.25, 0.3) is 0 Å². The Morgan fingerprint density at radius 1 is 1.11 bits per heavy atom. The van der Waals surface area contributed by atoms with E-state index in [1.165, 1.54) is 24.2 Å². The molecule has 1 saturated carbocycles. The van der Waals surface area contributed by atoms with E-state index in [0.717, 1.165) is 57.0 Å². The predicted molar refractivity (Wildman–Crippen MR) is 105 cm³/mol. The predicted octanol–water partition coefficient (Wildman–Crippen LogP) is 0.376. The van der Waals surface area contributed by atoms with E-state index in [1.807, 2.05) is 18.2 Å². The molecule has 1 atom stereocenters. The van der Waals surface area contributed by atoms with E-state index < -0.39 is 0 Å². The van der Waals surface area contributed by atoms with Crippen molar-refractivity contribution in [2.75, 3.05) is 32.7 Å². The third-order valence-corrected chi connectivity index (χ3v) is 6.34. The highest BCUT2D eigenvalue weighted by Crippen LogP contribution is 2.30. The molecule has 150 valence electrons. The molecule has 0 unspecified atom stereocenters. The van der Waals surface area contributed by atoms with Crippen LogP contribution in [0.4, 0.5) is 4.39 Å². The van der Waals surface area contributed by atoms with Crippen molar-refractivity contribution in [1.82, 2.24) is 20.2 Å². The fourth-order valence-corrected chi connectivity index (χ4v) is 4.82. The van der Waals surface area contributed by atoms with Crippen molar-refractivity contribution in [1.29, 1.82) is 0 Å². The molecule has 1 aliphatic heterocycles. The molecule has 28 heavy (non-hydrogen) atoms. The summed E-state index contributed by atoms with van der Waals surface area (Å²) in [5.74, 6) is 0.727. The highest BCUT2D eigenvalue weighted by molar-refractivity contribution is 5.23. The molecule has 2 aliphatic rings. The van der Waals surface area contributed by atoms with Gasteiger partial charge < -0.3 is 9.80 Å². The van der Waals surface area contributed by atoms with Gasteiger partial charge in [-0.2, -0.15) is 0 Å². The number of halogens is 1. The van der Waals surface area contributed by atoms with E-state index >= 15 is 0 Å². The lowest BCUT2D eigenvalue weighted by molar-refractivity contribution is -1.02. The fourth-order valence-electron chi connectivity index (χ4n) is 4.82. The second-order valence-electron chi connectivity index (χ2n) is 8.16. The summed E-state index contributed by atoms with van der Waals surface area (Å²) in [4.78, 5) is 3.04. The summed E-state index contributed by atoms with van der Waals surface area (Å²) < 4.78 is 15.6. The molecule has 2 N–H and O–H groups in total. The molecule has 1 aromatic heterocycles. The minimum absolute atomic E-state index is 0.0443. The summed E-state index contributed by atoms with van der Waals surface area (Å²) >= 11 is 0. The van der Waals surface area contributed by atoms with Crippen molar-refractivity contribution < 1.29 is 14.2 Å². The Labute approximate surface area is 166 Å². The van der Waals surface area contributed by atoms with Crippen molar-refractivity contribution in [3.8, 4) is 0 Å². The number of tetrazole rings is 1. The topological polar surface area (TPSA) is 52.5 Å². The van der Waals surface area contributed by atoms with E-state index in [2.05, 4.69) is 26.8 Å². The number of benzene rings is 1. The number of aromatic nitrogens is 4. The summed E-state index contributed by atoms with van der Waals surface area (Å²) in [6.07, 6.45) is 8.06. The van der Waals surface area contributed by atoms with E-state index in [4.69, 9.17) is 0 Å². The Kier molecular flexibility index (Phi) is 6.12. The maximum Gasteiger partial charge on any atom is 0.214 e. The molecule has 1 aromatic carbocycles. The number of quaternary nitrogens is 2. The van der Waals surface area contributed by atoms with Crippen molar-refractivity contribution >= 4 is 0 Å². The second-order valence-corrected chi connectivity index (χ2v) is 8.16. The fraction of sp³-hybridized carbons (Fsp3) is 0.571. The number of nitrogens with zero attached hydrogens (tertiary/aromatic N) is 4. The highest BCUT2D eigenvalue weighted by atomic mass is 19.1. The van der Waals surface area contributed by atoms with Gasteiger partial charge in [-0.05, 0) is 53.6 Å². The van der Waals surface area contributed by atoms with E-state index in [1.54, 1.807) is 17.0 Å². The average molecular weight is 387 g/mol. The van der Waals surface area contributed by atoms with Gasteiger partial charge in [0, 0.05) is 5.56 Å². The standard InChI is InChI=1S/C21H29FN6/c1-2-12-26-13-15-27(16-14-26)20(17-8-10-18(22)11-9-17)21-23-24-25-28(21)19-6-4-3-5-7-19/h2,8-11,19-20H,1,3-7,12-16H2/p+2/t20-/m0/s1. The number of rotatable bonds is 6. The third kappa shape index (κ3) is 4.15. The molecular weight excluding hydrogens is 355 g/mol. The molecule has 1 aliphatic carbocycles. The molecule has 0 amide bonds. The van der Waals surface area contributed by atoms with Gasteiger partial charge in [0.25, 0.3) is 0 Å². The SMILES string of the molecule is C=CC[NH+]1CC[NH+]([C@@H](c2ccc(F)cc2)c2nnnn2C2CCCCC2)CC1. The van der Waals surface area contributed by atoms with Crippen molar-refractivity contribution in [2.24, 2.45) is 0 Å². The molecule has 0 radical (unpaired) electrons. The highest BCUT2D eigenvalue weighted by Gasteiger charge is 2.36. The lowest BCUT2D eigenvalue weighted by Gasteiger charge is -2.34. The van der Waals surface area contributed by atoms with Gasteiger partial charge in [-0.3, -0.25) is 0 Å². The number of hydrogen-bond donors (Lipinski definition) is 2. The smallest absolute Gasteiger partial charge is 0.214 e. The molecule has 6 nitrogen and oxygen atoms in total. The van der Waals surface area contributed by atoms with E-state index in [9.17, 15) is 4.39 Å². The normalized spacial score (nSPS) is 24.8. The summed E-state index contributed by atoms with van der Waals surface area (Å²) in [5, 5.41) is 12.9. The Bertz CT molecular complexity index is 759. The van der Waals surface area contributed by atoms with Crippen LogP contribution >= 0.6 is 0 Å². The molecule has 0 spiro atoms. The van der Waals surface area contributed by atoms with Gasteiger partial charge in [-0.15, -0.1) is 5.10 Å². The van der Waals surface area contributed by atoms with Gasteiger partial charge in [0.15, 0.2) is 6.04 Å². The van der Waals surface area contributed by atoms with Gasteiger partial charge in [0.1, 0.15) is 32.0 Å². The van der Waals surface area contributed by atoms with Crippen molar-refractivity contribution in [2.45, 2.75) is 44.2 Å². The zero-order valence-corrected chi connectivity index (χ0v) is 16.5. The summed E-state index contributed by atoms with van der Waals surface area (Å²) in [6.45, 7) is 9.18. The van der Waals surface area contributed by atoms with Crippen molar-refractivity contribution in [3.05, 3.63) is 54.1 Å². The first-order chi connectivity index (χ1) is 13.8. The molecule has 0 bridgehead atoms. The lowest BCUT2D eigenvalue weighted by Crippen LogP contribution is -3.28. The minimum atomic E-state index is -0.204. The van der Waals surface area contributed by atoms with Crippen LogP contribution in [0.1, 0.15) is 55.6 Å². The second kappa shape index (κ2) is 8.92. The first-order valence-corrected chi connectivity index (χ1v) is 10.6. The van der Waals surface area contributed by atoms with Gasteiger partial charge >= 0.3 is 0 Å². The van der Waals surface area contributed by atoms with Crippen LogP contribution in [0.15, 0.2) is 36.9 Å². The van der Waals surface area contributed by atoms with Crippen LogP contribution in [-0.4, -0.2) is 52.9 Å². The monoisotopic (exact) mass is 386 g/mol. The van der Waals surface area contributed by atoms with Crippen LogP contribution in [0.3, 0.4) is 0 Å². The Balaban J connectivity index is 1.64. The third-order valence-electron chi connectivity index (χ3n) is 6.34. The summed E-state index contributed by atoms with van der Waals surface area (Å²) in [5.41, 5.74) is 1.09. The first kappa shape index (κ1) is 19.2. The molecule has 2 fully saturated rings. The Hall–Kier alpha value is -2.12. The van der Waals surface area contributed by atoms with E-state index in [-0.39, 0.29) is 11.9 Å². The zero-order chi connectivity index (χ0) is 19.3. The van der Waals surface area contributed by atoms with Crippen LogP contribution in [-0.2, 0) is 0 Å². The largest absolute Gasteiger partial charge is 0.322 e.